The van der Waals surface area contributed by atoms with Gasteiger partial charge < -0.3 is 9.47 Å². The van der Waals surface area contributed by atoms with Crippen molar-refractivity contribution in [1.29, 1.82) is 0 Å². The Hall–Kier alpha value is -1.19. The van der Waals surface area contributed by atoms with E-state index in [1.165, 1.54) is 40.0 Å². The molecule has 0 amide bonds. The third-order valence-corrected chi connectivity index (χ3v) is 6.87. The van der Waals surface area contributed by atoms with Gasteiger partial charge in [0.2, 0.25) is 0 Å². The number of benzene rings is 2. The summed E-state index contributed by atoms with van der Waals surface area (Å²) in [4.78, 5) is 1.53. The molecule has 2 saturated heterocycles. The van der Waals surface area contributed by atoms with E-state index in [2.05, 4.69) is 36.4 Å². The van der Waals surface area contributed by atoms with Gasteiger partial charge in [0.15, 0.2) is 11.2 Å². The SMILES string of the molecule is c1cc([S+]2CCCC2)c2cccc(OC3CCCO3)c2c1. The average Bonchev–Trinajstić information content (AvgIpc) is 3.20. The molecule has 0 N–H and O–H groups in total. The maximum absolute atomic E-state index is 6.09. The Kier molecular flexibility index (Phi) is 3.78. The van der Waals surface area contributed by atoms with Crippen LogP contribution in [0, 0.1) is 0 Å². The molecule has 21 heavy (non-hydrogen) atoms. The Labute approximate surface area is 128 Å². The molecule has 2 fully saturated rings. The second kappa shape index (κ2) is 5.90. The number of hydrogen-bond donors (Lipinski definition) is 0. The van der Waals surface area contributed by atoms with Crippen molar-refractivity contribution in [3.8, 4) is 5.75 Å². The van der Waals surface area contributed by atoms with Crippen LogP contribution in [0.4, 0.5) is 0 Å². The van der Waals surface area contributed by atoms with Crippen molar-refractivity contribution in [2.75, 3.05) is 18.1 Å². The van der Waals surface area contributed by atoms with Crippen molar-refractivity contribution in [3.05, 3.63) is 36.4 Å². The summed E-state index contributed by atoms with van der Waals surface area (Å²) in [6.07, 6.45) is 4.80. The molecule has 2 aromatic carbocycles. The highest BCUT2D eigenvalue weighted by Crippen LogP contribution is 2.34. The van der Waals surface area contributed by atoms with Crippen LogP contribution in [0.25, 0.3) is 10.8 Å². The van der Waals surface area contributed by atoms with Gasteiger partial charge in [-0.1, -0.05) is 18.2 Å². The molecule has 110 valence electrons. The number of ether oxygens (including phenoxy) is 2. The highest BCUT2D eigenvalue weighted by atomic mass is 32.2. The molecular formula is C18H21O2S+. The van der Waals surface area contributed by atoms with Crippen LogP contribution < -0.4 is 4.74 Å². The van der Waals surface area contributed by atoms with E-state index in [1.807, 2.05) is 0 Å². The summed E-state index contributed by atoms with van der Waals surface area (Å²) < 4.78 is 11.7. The summed E-state index contributed by atoms with van der Waals surface area (Å²) in [6, 6.07) is 13.1. The van der Waals surface area contributed by atoms with E-state index in [0.29, 0.717) is 10.9 Å². The van der Waals surface area contributed by atoms with Crippen LogP contribution in [0.5, 0.6) is 5.75 Å². The average molecular weight is 301 g/mol. The predicted octanol–water partition coefficient (Wildman–Crippen LogP) is 4.13. The first-order chi connectivity index (χ1) is 10.4. The van der Waals surface area contributed by atoms with Crippen LogP contribution in [-0.4, -0.2) is 24.4 Å². The molecule has 2 heterocycles. The van der Waals surface area contributed by atoms with Crippen LogP contribution in [0.15, 0.2) is 41.3 Å². The fourth-order valence-corrected chi connectivity index (χ4v) is 5.77. The highest BCUT2D eigenvalue weighted by Gasteiger charge is 2.29. The topological polar surface area (TPSA) is 18.5 Å². The third-order valence-electron chi connectivity index (χ3n) is 4.33. The summed E-state index contributed by atoms with van der Waals surface area (Å²) in [5.41, 5.74) is 0. The monoisotopic (exact) mass is 301 g/mol. The van der Waals surface area contributed by atoms with E-state index in [9.17, 15) is 0 Å². The van der Waals surface area contributed by atoms with Gasteiger partial charge in [0.25, 0.3) is 0 Å². The minimum Gasteiger partial charge on any atom is -0.464 e. The van der Waals surface area contributed by atoms with E-state index in [-0.39, 0.29) is 6.29 Å². The molecule has 2 aliphatic heterocycles. The minimum absolute atomic E-state index is 0.0619. The molecule has 0 aliphatic carbocycles. The van der Waals surface area contributed by atoms with Crippen molar-refractivity contribution in [2.24, 2.45) is 0 Å². The highest BCUT2D eigenvalue weighted by molar-refractivity contribution is 7.97. The van der Waals surface area contributed by atoms with Gasteiger partial charge >= 0.3 is 0 Å². The van der Waals surface area contributed by atoms with Gasteiger partial charge in [-0.25, -0.2) is 0 Å². The fourth-order valence-electron chi connectivity index (χ4n) is 3.26. The summed E-state index contributed by atoms with van der Waals surface area (Å²) in [5, 5.41) is 2.61. The lowest BCUT2D eigenvalue weighted by Gasteiger charge is -2.15. The lowest BCUT2D eigenvalue weighted by molar-refractivity contribution is -0.0381. The van der Waals surface area contributed by atoms with Crippen LogP contribution >= 0.6 is 0 Å². The van der Waals surface area contributed by atoms with E-state index < -0.39 is 0 Å². The van der Waals surface area contributed by atoms with Gasteiger partial charge in [0.1, 0.15) is 17.3 Å². The molecule has 0 bridgehead atoms. The summed E-state index contributed by atoms with van der Waals surface area (Å²) in [7, 11) is 0.436. The Balaban J connectivity index is 1.73. The smallest absolute Gasteiger partial charge is 0.199 e. The Bertz CT molecular complexity index is 628. The molecule has 0 radical (unpaired) electrons. The van der Waals surface area contributed by atoms with Gasteiger partial charge in [0, 0.05) is 28.1 Å². The van der Waals surface area contributed by atoms with E-state index >= 15 is 0 Å². The van der Waals surface area contributed by atoms with E-state index in [1.54, 1.807) is 0 Å². The van der Waals surface area contributed by atoms with Crippen LogP contribution in [0.3, 0.4) is 0 Å². The number of rotatable bonds is 3. The quantitative estimate of drug-likeness (QED) is 0.794. The van der Waals surface area contributed by atoms with Crippen molar-refractivity contribution >= 4 is 21.7 Å². The van der Waals surface area contributed by atoms with Gasteiger partial charge in [0.05, 0.1) is 6.61 Å². The zero-order valence-corrected chi connectivity index (χ0v) is 13.0. The first-order valence-corrected chi connectivity index (χ1v) is 9.45. The molecule has 4 rings (SSSR count). The second-order valence-corrected chi connectivity index (χ2v) is 8.02. The molecule has 1 unspecified atom stereocenters. The Morgan fingerprint density at radius 2 is 1.76 bits per heavy atom. The molecule has 0 aromatic heterocycles. The maximum Gasteiger partial charge on any atom is 0.199 e. The number of fused-ring (bicyclic) bond motifs is 1. The van der Waals surface area contributed by atoms with Gasteiger partial charge in [-0.05, 0) is 37.5 Å². The van der Waals surface area contributed by atoms with Crippen LogP contribution in [-0.2, 0) is 15.6 Å². The molecule has 0 spiro atoms. The second-order valence-electron chi connectivity index (χ2n) is 5.78. The lowest BCUT2D eigenvalue weighted by Crippen LogP contribution is -2.14. The molecular weight excluding hydrogens is 280 g/mol. The first kappa shape index (κ1) is 13.5. The summed E-state index contributed by atoms with van der Waals surface area (Å²) in [5.74, 6) is 3.69. The third kappa shape index (κ3) is 2.65. The Morgan fingerprint density at radius 3 is 2.57 bits per heavy atom. The molecule has 2 aromatic rings. The fraction of sp³-hybridized carbons (Fsp3) is 0.444. The van der Waals surface area contributed by atoms with Gasteiger partial charge in [-0.3, -0.25) is 0 Å². The summed E-state index contributed by atoms with van der Waals surface area (Å²) in [6.45, 7) is 0.824. The van der Waals surface area contributed by atoms with E-state index in [4.69, 9.17) is 9.47 Å². The standard InChI is InChI=1S/C18H21O2S/c1-2-13-21(12-1)17-9-4-6-14-15(17)7-3-8-16(14)20-18-10-5-11-19-18/h3-4,6-9,18H,1-2,5,10-13H2/q+1. The normalized spacial score (nSPS) is 23.0. The van der Waals surface area contributed by atoms with Crippen molar-refractivity contribution in [3.63, 3.8) is 0 Å². The Morgan fingerprint density at radius 1 is 0.952 bits per heavy atom. The van der Waals surface area contributed by atoms with Crippen molar-refractivity contribution in [2.45, 2.75) is 36.9 Å². The van der Waals surface area contributed by atoms with Crippen molar-refractivity contribution < 1.29 is 9.47 Å². The van der Waals surface area contributed by atoms with Gasteiger partial charge in [-0.2, -0.15) is 0 Å². The van der Waals surface area contributed by atoms with Crippen LogP contribution in [0.2, 0.25) is 0 Å². The van der Waals surface area contributed by atoms with Crippen molar-refractivity contribution in [1.82, 2.24) is 0 Å². The molecule has 1 atom stereocenters. The lowest BCUT2D eigenvalue weighted by atomic mass is 10.1. The van der Waals surface area contributed by atoms with Gasteiger partial charge in [-0.15, -0.1) is 0 Å². The zero-order chi connectivity index (χ0) is 14.1. The minimum atomic E-state index is -0.0619. The largest absolute Gasteiger partial charge is 0.464 e. The molecule has 2 nitrogen and oxygen atoms in total. The van der Waals surface area contributed by atoms with Crippen LogP contribution in [0.1, 0.15) is 25.7 Å². The molecule has 3 heteroatoms. The predicted molar refractivity (Wildman–Crippen MR) is 88.1 cm³/mol. The molecule has 0 saturated carbocycles. The molecule has 2 aliphatic rings. The number of hydrogen-bond acceptors (Lipinski definition) is 2. The summed E-state index contributed by atoms with van der Waals surface area (Å²) >= 11 is 0. The first-order valence-electron chi connectivity index (χ1n) is 7.89. The maximum atomic E-state index is 6.09. The zero-order valence-electron chi connectivity index (χ0n) is 12.2. The van der Waals surface area contributed by atoms with E-state index in [0.717, 1.165) is 25.2 Å².